The molecule has 0 N–H and O–H groups in total. The van der Waals surface area contributed by atoms with Crippen LogP contribution in [0.25, 0.3) is 27.8 Å². The normalized spacial score (nSPS) is 12.4. The molecule has 1 aliphatic heterocycles. The highest BCUT2D eigenvalue weighted by atomic mass is 16.5. The van der Waals surface area contributed by atoms with Crippen LogP contribution >= 0.6 is 0 Å². The van der Waals surface area contributed by atoms with Gasteiger partial charge in [0.05, 0.1) is 25.0 Å². The first-order chi connectivity index (χ1) is 11.8. The van der Waals surface area contributed by atoms with Gasteiger partial charge in [0.1, 0.15) is 11.6 Å². The lowest BCUT2D eigenvalue weighted by Crippen LogP contribution is -2.05. The fourth-order valence-corrected chi connectivity index (χ4v) is 3.62. The number of methoxy groups -OCH3 is 1. The molecule has 0 saturated heterocycles. The van der Waals surface area contributed by atoms with Crippen LogP contribution in [0, 0.1) is 6.92 Å². The predicted molar refractivity (Wildman–Crippen MR) is 92.7 cm³/mol. The van der Waals surface area contributed by atoms with Gasteiger partial charge < -0.3 is 9.30 Å². The number of hydrogen-bond donors (Lipinski definition) is 0. The summed E-state index contributed by atoms with van der Waals surface area (Å²) in [7, 11) is 1.70. The van der Waals surface area contributed by atoms with Gasteiger partial charge in [0.15, 0.2) is 5.82 Å². The summed E-state index contributed by atoms with van der Waals surface area (Å²) in [5.74, 6) is 2.73. The molecule has 0 bridgehead atoms. The van der Waals surface area contributed by atoms with Gasteiger partial charge in [-0.15, -0.1) is 10.2 Å². The second-order valence-corrected chi connectivity index (χ2v) is 6.06. The third-order valence-electron chi connectivity index (χ3n) is 4.72. The van der Waals surface area contributed by atoms with Crippen molar-refractivity contribution in [2.45, 2.75) is 13.5 Å². The van der Waals surface area contributed by atoms with Crippen LogP contribution in [0.4, 0.5) is 0 Å². The van der Waals surface area contributed by atoms with E-state index in [1.165, 1.54) is 22.2 Å². The quantitative estimate of drug-likeness (QED) is 0.475. The molecule has 0 atom stereocenters. The lowest BCUT2D eigenvalue weighted by Gasteiger charge is -2.09. The van der Waals surface area contributed by atoms with E-state index in [-0.39, 0.29) is 0 Å². The molecule has 0 radical (unpaired) electrons. The fraction of sp³-hybridized carbons (Fsp3) is 0.158. The summed E-state index contributed by atoms with van der Waals surface area (Å²) in [5.41, 5.74) is 4.69. The molecule has 5 rings (SSSR count). The van der Waals surface area contributed by atoms with Crippen molar-refractivity contribution in [2.75, 3.05) is 7.11 Å². The molecule has 0 spiro atoms. The Balaban J connectivity index is 1.88. The predicted octanol–water partition coefficient (Wildman–Crippen LogP) is 3.57. The van der Waals surface area contributed by atoms with Crippen LogP contribution in [0.1, 0.15) is 11.6 Å². The molecule has 24 heavy (non-hydrogen) atoms. The van der Waals surface area contributed by atoms with Crippen molar-refractivity contribution in [3.8, 4) is 22.7 Å². The maximum absolute atomic E-state index is 5.37. The molecule has 3 heterocycles. The van der Waals surface area contributed by atoms with Crippen molar-refractivity contribution in [1.29, 1.82) is 0 Å². The van der Waals surface area contributed by atoms with E-state index >= 15 is 0 Å². The molecular weight excluding hydrogens is 300 g/mol. The highest BCUT2D eigenvalue weighted by molar-refractivity contribution is 5.90. The van der Waals surface area contributed by atoms with E-state index in [1.54, 1.807) is 7.11 Å². The van der Waals surface area contributed by atoms with Gasteiger partial charge in [-0.05, 0) is 37.3 Å². The molecule has 2 aromatic heterocycles. The van der Waals surface area contributed by atoms with Crippen LogP contribution in [0.15, 0.2) is 48.5 Å². The number of benzene rings is 2. The Morgan fingerprint density at radius 3 is 2.79 bits per heavy atom. The van der Waals surface area contributed by atoms with Crippen LogP contribution < -0.4 is 4.74 Å². The van der Waals surface area contributed by atoms with Crippen LogP contribution in [0.2, 0.25) is 0 Å². The monoisotopic (exact) mass is 316 g/mol. The number of aryl methyl sites for hydroxylation is 1. The van der Waals surface area contributed by atoms with Crippen molar-refractivity contribution >= 4 is 10.9 Å². The van der Waals surface area contributed by atoms with Crippen LogP contribution in [-0.2, 0) is 6.54 Å². The summed E-state index contributed by atoms with van der Waals surface area (Å²) >= 11 is 0. The Morgan fingerprint density at radius 1 is 1.04 bits per heavy atom. The van der Waals surface area contributed by atoms with Crippen molar-refractivity contribution < 1.29 is 4.74 Å². The van der Waals surface area contributed by atoms with Gasteiger partial charge >= 0.3 is 0 Å². The van der Waals surface area contributed by atoms with Crippen molar-refractivity contribution in [2.24, 2.45) is 0 Å². The van der Waals surface area contributed by atoms with E-state index in [9.17, 15) is 0 Å². The zero-order valence-corrected chi connectivity index (χ0v) is 13.5. The minimum atomic E-state index is 0.695. The average Bonchev–Trinajstić information content (AvgIpc) is 3.11. The molecule has 4 aromatic rings. The Morgan fingerprint density at radius 2 is 1.92 bits per heavy atom. The van der Waals surface area contributed by atoms with Crippen LogP contribution in [0.3, 0.4) is 0 Å². The van der Waals surface area contributed by atoms with E-state index in [4.69, 9.17) is 4.74 Å². The molecule has 0 saturated carbocycles. The van der Waals surface area contributed by atoms with Gasteiger partial charge in [-0.3, -0.25) is 4.57 Å². The zero-order valence-electron chi connectivity index (χ0n) is 13.5. The second kappa shape index (κ2) is 4.71. The lowest BCUT2D eigenvalue weighted by atomic mass is 10.1. The molecule has 2 aromatic carbocycles. The van der Waals surface area contributed by atoms with Gasteiger partial charge in [0.25, 0.3) is 0 Å². The van der Waals surface area contributed by atoms with E-state index in [0.717, 1.165) is 23.1 Å². The number of nitrogens with zero attached hydrogens (tertiary/aromatic N) is 4. The topological polar surface area (TPSA) is 44.9 Å². The Hall–Kier alpha value is -3.08. The fourth-order valence-electron chi connectivity index (χ4n) is 3.62. The molecule has 5 nitrogen and oxygen atoms in total. The van der Waals surface area contributed by atoms with Gasteiger partial charge in [0.2, 0.25) is 0 Å². The van der Waals surface area contributed by atoms with E-state index in [1.807, 2.05) is 13.0 Å². The zero-order chi connectivity index (χ0) is 16.3. The Labute approximate surface area is 139 Å². The number of ether oxygens (including phenoxy) is 1. The average molecular weight is 316 g/mol. The van der Waals surface area contributed by atoms with Crippen molar-refractivity contribution in [1.82, 2.24) is 19.3 Å². The van der Waals surface area contributed by atoms with Gasteiger partial charge in [-0.25, -0.2) is 0 Å². The Bertz CT molecular complexity index is 1090. The number of rotatable bonds is 1. The molecule has 5 heteroatoms. The summed E-state index contributed by atoms with van der Waals surface area (Å²) in [5, 5.41) is 9.86. The number of hydrogen-bond acceptors (Lipinski definition) is 3. The molecule has 1 aliphatic rings. The SMILES string of the molecule is COc1ccc2c(c1)cc1n2Cc2nnc(C)n2-c2ccccc2-1. The molecule has 0 fully saturated rings. The summed E-state index contributed by atoms with van der Waals surface area (Å²) in [6.45, 7) is 2.69. The summed E-state index contributed by atoms with van der Waals surface area (Å²) < 4.78 is 9.83. The van der Waals surface area contributed by atoms with Crippen LogP contribution in [-0.4, -0.2) is 26.4 Å². The maximum atomic E-state index is 5.37. The highest BCUT2D eigenvalue weighted by Gasteiger charge is 2.23. The number of fused-ring (bicyclic) bond motifs is 7. The maximum Gasteiger partial charge on any atom is 0.157 e. The lowest BCUT2D eigenvalue weighted by molar-refractivity contribution is 0.415. The number of para-hydroxylation sites is 1. The van der Waals surface area contributed by atoms with Gasteiger partial charge in [-0.2, -0.15) is 0 Å². The summed E-state index contributed by atoms with van der Waals surface area (Å²) in [6.07, 6.45) is 0. The van der Waals surface area contributed by atoms with Gasteiger partial charge in [0, 0.05) is 16.5 Å². The molecular formula is C19H16N4O. The third kappa shape index (κ3) is 1.69. The van der Waals surface area contributed by atoms with E-state index < -0.39 is 0 Å². The molecule has 0 amide bonds. The minimum absolute atomic E-state index is 0.695. The van der Waals surface area contributed by atoms with Crippen LogP contribution in [0.5, 0.6) is 5.75 Å². The molecule has 0 unspecified atom stereocenters. The smallest absolute Gasteiger partial charge is 0.157 e. The first kappa shape index (κ1) is 13.4. The number of aromatic nitrogens is 4. The van der Waals surface area contributed by atoms with Crippen molar-refractivity contribution in [3.05, 3.63) is 60.2 Å². The van der Waals surface area contributed by atoms with Crippen molar-refractivity contribution in [3.63, 3.8) is 0 Å². The largest absolute Gasteiger partial charge is 0.497 e. The van der Waals surface area contributed by atoms with E-state index in [2.05, 4.69) is 61.8 Å². The second-order valence-electron chi connectivity index (χ2n) is 6.06. The minimum Gasteiger partial charge on any atom is -0.497 e. The molecule has 0 aliphatic carbocycles. The summed E-state index contributed by atoms with van der Waals surface area (Å²) in [4.78, 5) is 0. The highest BCUT2D eigenvalue weighted by Crippen LogP contribution is 2.37. The Kier molecular flexibility index (Phi) is 2.62. The van der Waals surface area contributed by atoms with Gasteiger partial charge in [-0.1, -0.05) is 18.2 Å². The molecule has 118 valence electrons. The van der Waals surface area contributed by atoms with E-state index in [0.29, 0.717) is 6.54 Å². The first-order valence-electron chi connectivity index (χ1n) is 7.94. The third-order valence-corrected chi connectivity index (χ3v) is 4.72. The first-order valence-corrected chi connectivity index (χ1v) is 7.94. The standard InChI is InChI=1S/C19H16N4O/c1-12-20-21-19-11-22-16-8-7-14(24-2)9-13(16)10-18(22)15-5-3-4-6-17(15)23(12)19/h3-10H,11H2,1-2H3. The summed E-state index contributed by atoms with van der Waals surface area (Å²) in [6, 6.07) is 16.8.